The molecule has 1 rings (SSSR count). The molecule has 17 heavy (non-hydrogen) atoms. The van der Waals surface area contributed by atoms with Crippen LogP contribution in [0.3, 0.4) is 0 Å². The van der Waals surface area contributed by atoms with Gasteiger partial charge in [-0.2, -0.15) is 0 Å². The van der Waals surface area contributed by atoms with Crippen molar-refractivity contribution in [2.24, 2.45) is 0 Å². The minimum atomic E-state index is 0.0758. The molecule has 0 aromatic heterocycles. The van der Waals surface area contributed by atoms with Crippen LogP contribution in [0, 0.1) is 6.92 Å². The van der Waals surface area contributed by atoms with Crippen LogP contribution in [-0.2, 0) is 4.74 Å². The first-order valence-corrected chi connectivity index (χ1v) is 5.56. The standard InChI is InChI=1S/C13H19NO3/c1-10-8-11(4-5-13(10)17-3)12(15)9-14-6-7-16-2/h4-5,8,14H,6-7,9H2,1-3H3. The van der Waals surface area contributed by atoms with E-state index in [0.29, 0.717) is 25.3 Å². The Morgan fingerprint density at radius 3 is 2.71 bits per heavy atom. The van der Waals surface area contributed by atoms with Crippen LogP contribution in [0.25, 0.3) is 0 Å². The van der Waals surface area contributed by atoms with Gasteiger partial charge in [0.05, 0.1) is 20.3 Å². The zero-order valence-corrected chi connectivity index (χ0v) is 10.6. The predicted octanol–water partition coefficient (Wildman–Crippen LogP) is 1.42. The van der Waals surface area contributed by atoms with Crippen molar-refractivity contribution in [3.63, 3.8) is 0 Å². The summed E-state index contributed by atoms with van der Waals surface area (Å²) >= 11 is 0. The van der Waals surface area contributed by atoms with E-state index in [2.05, 4.69) is 5.32 Å². The average molecular weight is 237 g/mol. The Morgan fingerprint density at radius 1 is 1.35 bits per heavy atom. The molecule has 0 aliphatic carbocycles. The molecule has 0 saturated carbocycles. The number of aryl methyl sites for hydroxylation is 1. The summed E-state index contributed by atoms with van der Waals surface area (Å²) in [5, 5.41) is 3.03. The summed E-state index contributed by atoms with van der Waals surface area (Å²) in [6, 6.07) is 5.45. The summed E-state index contributed by atoms with van der Waals surface area (Å²) in [6.45, 7) is 3.54. The molecule has 0 radical (unpaired) electrons. The highest BCUT2D eigenvalue weighted by atomic mass is 16.5. The van der Waals surface area contributed by atoms with E-state index in [0.717, 1.165) is 11.3 Å². The molecule has 0 fully saturated rings. The van der Waals surface area contributed by atoms with Gasteiger partial charge < -0.3 is 14.8 Å². The number of carbonyl (C=O) groups excluding carboxylic acids is 1. The zero-order chi connectivity index (χ0) is 12.7. The van der Waals surface area contributed by atoms with Gasteiger partial charge in [0.2, 0.25) is 0 Å². The van der Waals surface area contributed by atoms with E-state index in [1.54, 1.807) is 20.3 Å². The van der Waals surface area contributed by atoms with Crippen LogP contribution in [0.1, 0.15) is 15.9 Å². The molecule has 0 spiro atoms. The molecule has 0 atom stereocenters. The molecular formula is C13H19NO3. The zero-order valence-electron chi connectivity index (χ0n) is 10.6. The van der Waals surface area contributed by atoms with E-state index in [1.165, 1.54) is 0 Å². The van der Waals surface area contributed by atoms with Crippen LogP contribution in [0.2, 0.25) is 0 Å². The Morgan fingerprint density at radius 2 is 2.12 bits per heavy atom. The number of ether oxygens (including phenoxy) is 2. The first kappa shape index (κ1) is 13.7. The molecule has 4 heteroatoms. The summed E-state index contributed by atoms with van der Waals surface area (Å²) < 4.78 is 10.0. The highest BCUT2D eigenvalue weighted by Crippen LogP contribution is 2.18. The fraction of sp³-hybridized carbons (Fsp3) is 0.462. The molecular weight excluding hydrogens is 218 g/mol. The number of hydrogen-bond donors (Lipinski definition) is 1. The van der Waals surface area contributed by atoms with Crippen molar-refractivity contribution in [3.8, 4) is 5.75 Å². The number of methoxy groups -OCH3 is 2. The molecule has 0 unspecified atom stereocenters. The molecule has 0 aliphatic heterocycles. The SMILES string of the molecule is COCCNCC(=O)c1ccc(OC)c(C)c1. The van der Waals surface area contributed by atoms with Crippen molar-refractivity contribution in [2.45, 2.75) is 6.92 Å². The number of ketones is 1. The molecule has 1 aromatic carbocycles. The van der Waals surface area contributed by atoms with E-state index in [-0.39, 0.29) is 5.78 Å². The quantitative estimate of drug-likeness (QED) is 0.575. The fourth-order valence-electron chi connectivity index (χ4n) is 1.53. The van der Waals surface area contributed by atoms with Crippen molar-refractivity contribution in [3.05, 3.63) is 29.3 Å². The minimum absolute atomic E-state index is 0.0758. The largest absolute Gasteiger partial charge is 0.496 e. The second-order valence-electron chi connectivity index (χ2n) is 3.78. The number of benzene rings is 1. The van der Waals surface area contributed by atoms with Crippen molar-refractivity contribution in [1.82, 2.24) is 5.32 Å². The second-order valence-corrected chi connectivity index (χ2v) is 3.78. The van der Waals surface area contributed by atoms with Gasteiger partial charge in [0.25, 0.3) is 0 Å². The minimum Gasteiger partial charge on any atom is -0.496 e. The van der Waals surface area contributed by atoms with Crippen LogP contribution < -0.4 is 10.1 Å². The lowest BCUT2D eigenvalue weighted by atomic mass is 10.1. The molecule has 1 N–H and O–H groups in total. The molecule has 0 bridgehead atoms. The Balaban J connectivity index is 2.54. The van der Waals surface area contributed by atoms with Gasteiger partial charge in [-0.05, 0) is 30.7 Å². The maximum Gasteiger partial charge on any atom is 0.176 e. The molecule has 0 heterocycles. The lowest BCUT2D eigenvalue weighted by Crippen LogP contribution is -2.26. The molecule has 0 aliphatic rings. The third-order valence-electron chi connectivity index (χ3n) is 2.49. The molecule has 0 saturated heterocycles. The van der Waals surface area contributed by atoms with Crippen LogP contribution in [0.5, 0.6) is 5.75 Å². The third kappa shape index (κ3) is 4.17. The van der Waals surface area contributed by atoms with E-state index in [4.69, 9.17) is 9.47 Å². The predicted molar refractivity (Wildman–Crippen MR) is 66.8 cm³/mol. The first-order valence-electron chi connectivity index (χ1n) is 5.56. The monoisotopic (exact) mass is 237 g/mol. The number of rotatable bonds is 7. The summed E-state index contributed by atoms with van der Waals surface area (Å²) in [4.78, 5) is 11.8. The smallest absolute Gasteiger partial charge is 0.176 e. The lowest BCUT2D eigenvalue weighted by molar-refractivity contribution is 0.0987. The Kier molecular flexibility index (Phi) is 5.66. The van der Waals surface area contributed by atoms with E-state index in [9.17, 15) is 4.79 Å². The number of Topliss-reactive ketones (excluding diaryl/α,β-unsaturated/α-hetero) is 1. The molecule has 1 aromatic rings. The van der Waals surface area contributed by atoms with Gasteiger partial charge in [0.1, 0.15) is 5.75 Å². The lowest BCUT2D eigenvalue weighted by Gasteiger charge is -2.07. The second kappa shape index (κ2) is 7.04. The van der Waals surface area contributed by atoms with Crippen molar-refractivity contribution in [2.75, 3.05) is 33.9 Å². The normalized spacial score (nSPS) is 10.3. The van der Waals surface area contributed by atoms with Crippen molar-refractivity contribution < 1.29 is 14.3 Å². The molecule has 94 valence electrons. The maximum absolute atomic E-state index is 11.8. The van der Waals surface area contributed by atoms with E-state index >= 15 is 0 Å². The number of carbonyl (C=O) groups is 1. The topological polar surface area (TPSA) is 47.6 Å². The van der Waals surface area contributed by atoms with Crippen molar-refractivity contribution >= 4 is 5.78 Å². The third-order valence-corrected chi connectivity index (χ3v) is 2.49. The van der Waals surface area contributed by atoms with Crippen LogP contribution in [0.15, 0.2) is 18.2 Å². The van der Waals surface area contributed by atoms with E-state index < -0.39 is 0 Å². The van der Waals surface area contributed by atoms with Crippen LogP contribution in [0.4, 0.5) is 0 Å². The molecule has 4 nitrogen and oxygen atoms in total. The summed E-state index contributed by atoms with van der Waals surface area (Å²) in [5.41, 5.74) is 1.67. The van der Waals surface area contributed by atoms with E-state index in [1.807, 2.05) is 19.1 Å². The average Bonchev–Trinajstić information content (AvgIpc) is 2.34. The summed E-state index contributed by atoms with van der Waals surface area (Å²) in [6.07, 6.45) is 0. The Hall–Kier alpha value is -1.39. The van der Waals surface area contributed by atoms with Gasteiger partial charge in [-0.1, -0.05) is 0 Å². The van der Waals surface area contributed by atoms with Gasteiger partial charge >= 0.3 is 0 Å². The van der Waals surface area contributed by atoms with Crippen LogP contribution in [-0.4, -0.2) is 39.7 Å². The van der Waals surface area contributed by atoms with Crippen molar-refractivity contribution in [1.29, 1.82) is 0 Å². The van der Waals surface area contributed by atoms with Gasteiger partial charge in [0, 0.05) is 19.2 Å². The highest BCUT2D eigenvalue weighted by molar-refractivity contribution is 5.97. The Labute approximate surface area is 102 Å². The summed E-state index contributed by atoms with van der Waals surface area (Å²) in [5.74, 6) is 0.876. The maximum atomic E-state index is 11.8. The fourth-order valence-corrected chi connectivity index (χ4v) is 1.53. The number of nitrogens with one attached hydrogen (secondary N) is 1. The van der Waals surface area contributed by atoms with Gasteiger partial charge in [-0.25, -0.2) is 0 Å². The first-order chi connectivity index (χ1) is 8.19. The highest BCUT2D eigenvalue weighted by Gasteiger charge is 2.07. The van der Waals surface area contributed by atoms with Gasteiger partial charge in [0.15, 0.2) is 5.78 Å². The van der Waals surface area contributed by atoms with Gasteiger partial charge in [-0.15, -0.1) is 0 Å². The van der Waals surface area contributed by atoms with Gasteiger partial charge in [-0.3, -0.25) is 4.79 Å². The molecule has 0 amide bonds. The summed E-state index contributed by atoms with van der Waals surface area (Å²) in [7, 11) is 3.26. The van der Waals surface area contributed by atoms with Crippen LogP contribution >= 0.6 is 0 Å². The Bertz CT molecular complexity index is 377. The number of hydrogen-bond acceptors (Lipinski definition) is 4.